The summed E-state index contributed by atoms with van der Waals surface area (Å²) in [6, 6.07) is 2.16. The zero-order chi connectivity index (χ0) is 10.4. The molecule has 3 heterocycles. The average Bonchev–Trinajstić information content (AvgIpc) is 2.75. The van der Waals surface area contributed by atoms with Gasteiger partial charge in [0.25, 0.3) is 11.7 Å². The fraction of sp³-hybridized carbons (Fsp3) is 0.455. The number of fused-ring (bicyclic) bond motifs is 3. The van der Waals surface area contributed by atoms with Gasteiger partial charge >= 0.3 is 0 Å². The first-order chi connectivity index (χ1) is 7.29. The Balaban J connectivity index is 2.12. The molecule has 15 heavy (non-hydrogen) atoms. The second-order valence-corrected chi connectivity index (χ2v) is 4.96. The lowest BCUT2D eigenvalue weighted by Crippen LogP contribution is -2.45. The van der Waals surface area contributed by atoms with E-state index in [2.05, 4.69) is 0 Å². The Labute approximate surface area is 91.7 Å². The van der Waals surface area contributed by atoms with Crippen molar-refractivity contribution >= 4 is 23.0 Å². The summed E-state index contributed by atoms with van der Waals surface area (Å²) in [5.41, 5.74) is 1.07. The molecular weight excluding hydrogens is 210 g/mol. The quantitative estimate of drug-likeness (QED) is 0.628. The summed E-state index contributed by atoms with van der Waals surface area (Å²) in [5, 5.41) is 1.91. The molecule has 78 valence electrons. The van der Waals surface area contributed by atoms with Crippen LogP contribution in [0.5, 0.6) is 0 Å². The Morgan fingerprint density at radius 2 is 2.20 bits per heavy atom. The number of Topliss-reactive ketones (excluding diaryl/α,β-unsaturated/α-hetero) is 1. The third-order valence-electron chi connectivity index (χ3n) is 3.22. The van der Waals surface area contributed by atoms with Crippen molar-refractivity contribution in [3.05, 3.63) is 21.9 Å². The zero-order valence-electron chi connectivity index (χ0n) is 8.23. The van der Waals surface area contributed by atoms with Crippen LogP contribution in [0.3, 0.4) is 0 Å². The summed E-state index contributed by atoms with van der Waals surface area (Å²) in [6.07, 6.45) is 3.18. The van der Waals surface area contributed by atoms with Crippen LogP contribution in [-0.4, -0.2) is 23.1 Å². The van der Waals surface area contributed by atoms with E-state index < -0.39 is 0 Å². The number of thiophene rings is 1. The molecule has 1 aromatic heterocycles. The van der Waals surface area contributed by atoms with Gasteiger partial charge in [0.15, 0.2) is 0 Å². The fourth-order valence-corrected chi connectivity index (χ4v) is 3.38. The van der Waals surface area contributed by atoms with Crippen LogP contribution in [0.4, 0.5) is 0 Å². The molecule has 1 amide bonds. The third-order valence-corrected chi connectivity index (χ3v) is 4.15. The summed E-state index contributed by atoms with van der Waals surface area (Å²) >= 11 is 1.40. The molecule has 0 saturated carbocycles. The molecule has 2 aliphatic rings. The molecule has 3 nitrogen and oxygen atoms in total. The minimum absolute atomic E-state index is 0.171. The van der Waals surface area contributed by atoms with Gasteiger partial charge in [0, 0.05) is 6.54 Å². The monoisotopic (exact) mass is 221 g/mol. The summed E-state index contributed by atoms with van der Waals surface area (Å²) < 4.78 is 0. The van der Waals surface area contributed by atoms with Gasteiger partial charge < -0.3 is 4.90 Å². The third kappa shape index (κ3) is 1.17. The summed E-state index contributed by atoms with van der Waals surface area (Å²) in [5.74, 6) is -0.604. The van der Waals surface area contributed by atoms with E-state index in [1.165, 1.54) is 11.3 Å². The molecule has 1 saturated heterocycles. The van der Waals surface area contributed by atoms with E-state index in [4.69, 9.17) is 0 Å². The Hall–Kier alpha value is -1.16. The highest BCUT2D eigenvalue weighted by molar-refractivity contribution is 7.13. The van der Waals surface area contributed by atoms with Crippen molar-refractivity contribution in [1.82, 2.24) is 4.90 Å². The van der Waals surface area contributed by atoms with Crippen LogP contribution in [0.25, 0.3) is 0 Å². The first kappa shape index (κ1) is 9.09. The number of carbonyl (C=O) groups excluding carboxylic acids is 2. The summed E-state index contributed by atoms with van der Waals surface area (Å²) in [7, 11) is 0. The predicted octanol–water partition coefficient (Wildman–Crippen LogP) is 2.00. The van der Waals surface area contributed by atoms with Crippen molar-refractivity contribution in [2.45, 2.75) is 25.3 Å². The van der Waals surface area contributed by atoms with Crippen molar-refractivity contribution in [2.24, 2.45) is 0 Å². The van der Waals surface area contributed by atoms with Crippen LogP contribution in [0.15, 0.2) is 11.4 Å². The maximum Gasteiger partial charge on any atom is 0.296 e. The van der Waals surface area contributed by atoms with E-state index in [1.54, 1.807) is 4.90 Å². The minimum Gasteiger partial charge on any atom is -0.329 e. The van der Waals surface area contributed by atoms with Gasteiger partial charge in [0.1, 0.15) is 0 Å². The maximum atomic E-state index is 11.8. The minimum atomic E-state index is -0.307. The van der Waals surface area contributed by atoms with Crippen molar-refractivity contribution in [3.8, 4) is 0 Å². The first-order valence-electron chi connectivity index (χ1n) is 5.22. The van der Waals surface area contributed by atoms with Gasteiger partial charge in [-0.05, 0) is 36.3 Å². The Kier molecular flexibility index (Phi) is 1.92. The van der Waals surface area contributed by atoms with Crippen LogP contribution in [0.1, 0.15) is 40.5 Å². The standard InChI is InChI=1S/C11H11NO2S/c13-9-10-7(4-6-15-10)8-3-1-2-5-12(8)11(9)14/h4,6,8H,1-3,5H2. The van der Waals surface area contributed by atoms with Gasteiger partial charge in [-0.25, -0.2) is 0 Å². The smallest absolute Gasteiger partial charge is 0.296 e. The van der Waals surface area contributed by atoms with Crippen LogP contribution in [0.2, 0.25) is 0 Å². The van der Waals surface area contributed by atoms with Crippen molar-refractivity contribution in [1.29, 1.82) is 0 Å². The molecule has 0 radical (unpaired) electrons. The number of ketones is 1. The second-order valence-electron chi connectivity index (χ2n) is 4.04. The van der Waals surface area contributed by atoms with Crippen LogP contribution in [0, 0.1) is 0 Å². The molecule has 0 aromatic carbocycles. The molecule has 2 aliphatic heterocycles. The van der Waals surface area contributed by atoms with Crippen molar-refractivity contribution in [2.75, 3.05) is 6.54 Å². The highest BCUT2D eigenvalue weighted by atomic mass is 32.1. The molecule has 1 aromatic rings. The van der Waals surface area contributed by atoms with Gasteiger partial charge in [0.05, 0.1) is 10.9 Å². The number of rotatable bonds is 0. The van der Waals surface area contributed by atoms with E-state index in [0.717, 1.165) is 31.4 Å². The Morgan fingerprint density at radius 1 is 1.33 bits per heavy atom. The summed E-state index contributed by atoms with van der Waals surface area (Å²) in [4.78, 5) is 26.0. The number of piperidine rings is 1. The topological polar surface area (TPSA) is 37.4 Å². The second kappa shape index (κ2) is 3.17. The first-order valence-corrected chi connectivity index (χ1v) is 6.09. The lowest BCUT2D eigenvalue weighted by Gasteiger charge is -2.38. The van der Waals surface area contributed by atoms with Crippen LogP contribution >= 0.6 is 11.3 Å². The average molecular weight is 221 g/mol. The molecule has 1 fully saturated rings. The molecular formula is C11H11NO2S. The Bertz CT molecular complexity index is 438. The molecule has 3 rings (SSSR count). The molecule has 1 atom stereocenters. The van der Waals surface area contributed by atoms with E-state index in [-0.39, 0.29) is 17.7 Å². The lowest BCUT2D eigenvalue weighted by atomic mass is 9.91. The molecule has 0 aliphatic carbocycles. The van der Waals surface area contributed by atoms with Crippen molar-refractivity contribution in [3.63, 3.8) is 0 Å². The SMILES string of the molecule is O=C1C(=O)N2CCCCC2c2ccsc21. The van der Waals surface area contributed by atoms with E-state index in [9.17, 15) is 9.59 Å². The molecule has 0 spiro atoms. The zero-order valence-corrected chi connectivity index (χ0v) is 9.05. The van der Waals surface area contributed by atoms with E-state index in [1.807, 2.05) is 11.4 Å². The highest BCUT2D eigenvalue weighted by Gasteiger charge is 2.40. The molecule has 4 heteroatoms. The lowest BCUT2D eigenvalue weighted by molar-refractivity contribution is -0.130. The normalized spacial score (nSPS) is 25.1. The van der Waals surface area contributed by atoms with Crippen LogP contribution in [-0.2, 0) is 4.79 Å². The van der Waals surface area contributed by atoms with Crippen LogP contribution < -0.4 is 0 Å². The highest BCUT2D eigenvalue weighted by Crippen LogP contribution is 2.39. The number of nitrogens with zero attached hydrogens (tertiary/aromatic N) is 1. The van der Waals surface area contributed by atoms with E-state index in [0.29, 0.717) is 4.88 Å². The van der Waals surface area contributed by atoms with Gasteiger partial charge in [-0.1, -0.05) is 0 Å². The Morgan fingerprint density at radius 3 is 3.07 bits per heavy atom. The molecule has 0 N–H and O–H groups in total. The molecule has 1 unspecified atom stereocenters. The number of hydrogen-bond donors (Lipinski definition) is 0. The van der Waals surface area contributed by atoms with Gasteiger partial charge in [0.2, 0.25) is 0 Å². The van der Waals surface area contributed by atoms with Gasteiger partial charge in [-0.2, -0.15) is 0 Å². The summed E-state index contributed by atoms with van der Waals surface area (Å²) in [6.45, 7) is 0.741. The van der Waals surface area contributed by atoms with E-state index >= 15 is 0 Å². The maximum absolute atomic E-state index is 11.8. The predicted molar refractivity (Wildman–Crippen MR) is 57.0 cm³/mol. The van der Waals surface area contributed by atoms with Gasteiger partial charge in [-0.3, -0.25) is 9.59 Å². The van der Waals surface area contributed by atoms with Crippen molar-refractivity contribution < 1.29 is 9.59 Å². The number of carbonyl (C=O) groups is 2. The molecule has 0 bridgehead atoms. The van der Waals surface area contributed by atoms with Gasteiger partial charge in [-0.15, -0.1) is 11.3 Å². The number of hydrogen-bond acceptors (Lipinski definition) is 3. The fourth-order valence-electron chi connectivity index (χ4n) is 2.49. The largest absolute Gasteiger partial charge is 0.329 e. The number of amides is 1.